The molecule has 22 heavy (non-hydrogen) atoms. The maximum Gasteiger partial charge on any atom is 0.259 e. The minimum absolute atomic E-state index is 0.169. The van der Waals surface area contributed by atoms with Crippen molar-refractivity contribution in [2.75, 3.05) is 5.32 Å². The number of halogens is 1. The zero-order valence-corrected chi connectivity index (χ0v) is 12.1. The molecule has 5 nitrogen and oxygen atoms in total. The summed E-state index contributed by atoms with van der Waals surface area (Å²) in [5, 5.41) is 5.47. The standard InChI is InChI=1S/C16H11ClN2O3/c17-10-3-1-2-9(6-10)7-14(20)18-11-4-5-12-13(8-11)16(22)19-15(12)21/h1-6,8H,7H2,(H,18,20)(H,19,21,22). The first-order chi connectivity index (χ1) is 10.5. The Morgan fingerprint density at radius 1 is 1.05 bits per heavy atom. The molecular weight excluding hydrogens is 304 g/mol. The van der Waals surface area contributed by atoms with Crippen LogP contribution in [0.5, 0.6) is 0 Å². The molecule has 2 aromatic carbocycles. The number of hydrogen-bond acceptors (Lipinski definition) is 3. The maximum absolute atomic E-state index is 12.0. The number of hydrogen-bond donors (Lipinski definition) is 2. The lowest BCUT2D eigenvalue weighted by Crippen LogP contribution is -2.19. The van der Waals surface area contributed by atoms with E-state index in [1.54, 1.807) is 30.3 Å². The third kappa shape index (κ3) is 2.84. The Labute approximate surface area is 131 Å². The van der Waals surface area contributed by atoms with Crippen molar-refractivity contribution in [3.63, 3.8) is 0 Å². The molecule has 0 bridgehead atoms. The normalized spacial score (nSPS) is 12.8. The number of carbonyl (C=O) groups excluding carboxylic acids is 3. The number of amides is 3. The summed E-state index contributed by atoms with van der Waals surface area (Å²) in [5.74, 6) is -1.10. The Hall–Kier alpha value is -2.66. The summed E-state index contributed by atoms with van der Waals surface area (Å²) in [6.45, 7) is 0. The van der Waals surface area contributed by atoms with Gasteiger partial charge in [-0.1, -0.05) is 23.7 Å². The number of carbonyl (C=O) groups is 3. The molecule has 6 heteroatoms. The zero-order chi connectivity index (χ0) is 15.7. The van der Waals surface area contributed by atoms with Gasteiger partial charge in [-0.15, -0.1) is 0 Å². The average molecular weight is 315 g/mol. The first-order valence-corrected chi connectivity index (χ1v) is 6.95. The fourth-order valence-corrected chi connectivity index (χ4v) is 2.50. The van der Waals surface area contributed by atoms with Crippen molar-refractivity contribution in [3.05, 3.63) is 64.2 Å². The summed E-state index contributed by atoms with van der Waals surface area (Å²) < 4.78 is 0. The highest BCUT2D eigenvalue weighted by Crippen LogP contribution is 2.20. The van der Waals surface area contributed by atoms with Gasteiger partial charge in [0.2, 0.25) is 5.91 Å². The molecule has 1 aliphatic rings. The van der Waals surface area contributed by atoms with Gasteiger partial charge in [-0.3, -0.25) is 19.7 Å². The van der Waals surface area contributed by atoms with E-state index in [9.17, 15) is 14.4 Å². The average Bonchev–Trinajstić information content (AvgIpc) is 2.73. The molecular formula is C16H11ClN2O3. The number of nitrogens with one attached hydrogen (secondary N) is 2. The van der Waals surface area contributed by atoms with Gasteiger partial charge < -0.3 is 5.32 Å². The van der Waals surface area contributed by atoms with E-state index < -0.39 is 11.8 Å². The van der Waals surface area contributed by atoms with Crippen LogP contribution in [0.1, 0.15) is 26.3 Å². The van der Waals surface area contributed by atoms with Crippen LogP contribution in [0.2, 0.25) is 5.02 Å². The fourth-order valence-electron chi connectivity index (χ4n) is 2.28. The first-order valence-electron chi connectivity index (χ1n) is 6.57. The second-order valence-electron chi connectivity index (χ2n) is 4.90. The Bertz CT molecular complexity index is 802. The summed E-state index contributed by atoms with van der Waals surface area (Å²) in [6.07, 6.45) is 0.169. The topological polar surface area (TPSA) is 75.3 Å². The largest absolute Gasteiger partial charge is 0.326 e. The monoisotopic (exact) mass is 314 g/mol. The Balaban J connectivity index is 1.74. The lowest BCUT2D eigenvalue weighted by atomic mass is 10.1. The van der Waals surface area contributed by atoms with Gasteiger partial charge in [0, 0.05) is 10.7 Å². The van der Waals surface area contributed by atoms with Crippen LogP contribution in [0.4, 0.5) is 5.69 Å². The fraction of sp³-hybridized carbons (Fsp3) is 0.0625. The van der Waals surface area contributed by atoms with Gasteiger partial charge in [0.25, 0.3) is 11.8 Å². The minimum Gasteiger partial charge on any atom is -0.326 e. The lowest BCUT2D eigenvalue weighted by Gasteiger charge is -2.06. The van der Waals surface area contributed by atoms with E-state index in [0.29, 0.717) is 16.3 Å². The van der Waals surface area contributed by atoms with Crippen LogP contribution in [0.3, 0.4) is 0 Å². The zero-order valence-electron chi connectivity index (χ0n) is 11.4. The highest BCUT2D eigenvalue weighted by atomic mass is 35.5. The Kier molecular flexibility index (Phi) is 3.65. The van der Waals surface area contributed by atoms with Gasteiger partial charge in [0.1, 0.15) is 0 Å². The van der Waals surface area contributed by atoms with Gasteiger partial charge in [0.05, 0.1) is 17.5 Å². The van der Waals surface area contributed by atoms with Crippen molar-refractivity contribution < 1.29 is 14.4 Å². The van der Waals surface area contributed by atoms with E-state index in [2.05, 4.69) is 10.6 Å². The van der Waals surface area contributed by atoms with E-state index in [4.69, 9.17) is 11.6 Å². The molecule has 0 saturated heterocycles. The van der Waals surface area contributed by atoms with Gasteiger partial charge in [-0.05, 0) is 35.9 Å². The van der Waals surface area contributed by atoms with Crippen LogP contribution in [-0.2, 0) is 11.2 Å². The smallest absolute Gasteiger partial charge is 0.259 e. The highest BCUT2D eigenvalue weighted by Gasteiger charge is 2.26. The number of imide groups is 1. The predicted molar refractivity (Wildman–Crippen MR) is 82.0 cm³/mol. The minimum atomic E-state index is -0.453. The van der Waals surface area contributed by atoms with E-state index >= 15 is 0 Å². The quantitative estimate of drug-likeness (QED) is 0.854. The van der Waals surface area contributed by atoms with Crippen molar-refractivity contribution in [2.24, 2.45) is 0 Å². The van der Waals surface area contributed by atoms with Crippen molar-refractivity contribution >= 4 is 35.0 Å². The number of anilines is 1. The third-order valence-corrected chi connectivity index (χ3v) is 3.51. The molecule has 0 saturated carbocycles. The molecule has 2 N–H and O–H groups in total. The van der Waals surface area contributed by atoms with Gasteiger partial charge in [0.15, 0.2) is 0 Å². The third-order valence-electron chi connectivity index (χ3n) is 3.27. The maximum atomic E-state index is 12.0. The molecule has 0 fully saturated rings. The van der Waals surface area contributed by atoms with Gasteiger partial charge in [-0.2, -0.15) is 0 Å². The van der Waals surface area contributed by atoms with Crippen molar-refractivity contribution in [1.82, 2.24) is 5.32 Å². The van der Waals surface area contributed by atoms with Crippen LogP contribution in [0.25, 0.3) is 0 Å². The van der Waals surface area contributed by atoms with Crippen molar-refractivity contribution in [3.8, 4) is 0 Å². The van der Waals surface area contributed by atoms with Gasteiger partial charge >= 0.3 is 0 Å². The summed E-state index contributed by atoms with van der Waals surface area (Å²) in [4.78, 5) is 35.1. The summed E-state index contributed by atoms with van der Waals surface area (Å²) in [7, 11) is 0. The summed E-state index contributed by atoms with van der Waals surface area (Å²) in [6, 6.07) is 11.6. The number of rotatable bonds is 3. The molecule has 2 aromatic rings. The molecule has 1 heterocycles. The molecule has 0 atom stereocenters. The summed E-state index contributed by atoms with van der Waals surface area (Å²) >= 11 is 5.87. The van der Waals surface area contributed by atoms with E-state index in [1.807, 2.05) is 0 Å². The number of benzene rings is 2. The SMILES string of the molecule is O=C(Cc1cccc(Cl)c1)Nc1ccc2c(c1)C(=O)NC2=O. The molecule has 0 aromatic heterocycles. The van der Waals surface area contributed by atoms with Crippen LogP contribution >= 0.6 is 11.6 Å². The van der Waals surface area contributed by atoms with Crippen LogP contribution < -0.4 is 10.6 Å². The molecule has 0 radical (unpaired) electrons. The lowest BCUT2D eigenvalue weighted by molar-refractivity contribution is -0.115. The van der Waals surface area contributed by atoms with Gasteiger partial charge in [-0.25, -0.2) is 0 Å². The second kappa shape index (κ2) is 5.61. The first kappa shape index (κ1) is 14.3. The van der Waals surface area contributed by atoms with Crippen molar-refractivity contribution in [1.29, 1.82) is 0 Å². The van der Waals surface area contributed by atoms with Crippen LogP contribution in [0.15, 0.2) is 42.5 Å². The number of fused-ring (bicyclic) bond motifs is 1. The highest BCUT2D eigenvalue weighted by molar-refractivity contribution is 6.30. The molecule has 110 valence electrons. The van der Waals surface area contributed by atoms with E-state index in [-0.39, 0.29) is 17.9 Å². The molecule has 0 spiro atoms. The Morgan fingerprint density at radius 3 is 2.59 bits per heavy atom. The van der Waals surface area contributed by atoms with Crippen LogP contribution in [0, 0.1) is 0 Å². The molecule has 3 rings (SSSR count). The molecule has 0 unspecified atom stereocenters. The van der Waals surface area contributed by atoms with E-state index in [1.165, 1.54) is 12.1 Å². The van der Waals surface area contributed by atoms with E-state index in [0.717, 1.165) is 5.56 Å². The molecule has 3 amide bonds. The van der Waals surface area contributed by atoms with Crippen molar-refractivity contribution in [2.45, 2.75) is 6.42 Å². The predicted octanol–water partition coefficient (Wildman–Crippen LogP) is 2.40. The van der Waals surface area contributed by atoms with Crippen LogP contribution in [-0.4, -0.2) is 17.7 Å². The molecule has 1 aliphatic heterocycles. The second-order valence-corrected chi connectivity index (χ2v) is 5.33. The molecule has 0 aliphatic carbocycles. The summed E-state index contributed by atoms with van der Waals surface area (Å²) in [5.41, 5.74) is 1.85. The Morgan fingerprint density at radius 2 is 1.82 bits per heavy atom.